The Morgan fingerprint density at radius 3 is 2.15 bits per heavy atom. The van der Waals surface area contributed by atoms with Gasteiger partial charge in [-0.15, -0.1) is 11.3 Å². The second kappa shape index (κ2) is 4.33. The second-order valence-corrected chi connectivity index (χ2v) is 8.17. The molecule has 1 aromatic rings. The number of hydrogen-bond acceptors (Lipinski definition) is 1. The first-order chi connectivity index (χ1) is 5.82. The third kappa shape index (κ3) is 3.05. The maximum atomic E-state index is 3.72. The maximum Gasteiger partial charge on any atom is 0.0843 e. The van der Waals surface area contributed by atoms with Crippen molar-refractivity contribution in [3.63, 3.8) is 0 Å². The summed E-state index contributed by atoms with van der Waals surface area (Å²) in [4.78, 5) is 1.76. The molecule has 0 radical (unpaired) electrons. The van der Waals surface area contributed by atoms with Crippen LogP contribution < -0.4 is 0 Å². The highest BCUT2D eigenvalue weighted by Gasteiger charge is 2.25. The summed E-state index contributed by atoms with van der Waals surface area (Å²) in [5.41, 5.74) is 0.254. The molecule has 0 saturated heterocycles. The lowest BCUT2D eigenvalue weighted by molar-refractivity contribution is 0.410. The summed E-state index contributed by atoms with van der Waals surface area (Å²) < 4.78 is 2.30. The van der Waals surface area contributed by atoms with Gasteiger partial charge >= 0.3 is 0 Å². The van der Waals surface area contributed by atoms with Gasteiger partial charge in [-0.1, -0.05) is 36.7 Å². The fraction of sp³-hybridized carbons (Fsp3) is 0.556. The van der Waals surface area contributed by atoms with Crippen molar-refractivity contribution in [2.45, 2.75) is 25.6 Å². The van der Waals surface area contributed by atoms with E-state index in [0.717, 1.165) is 8.26 Å². The minimum absolute atomic E-state index is 0.254. The summed E-state index contributed by atoms with van der Waals surface area (Å²) in [7, 11) is 0. The fourth-order valence-electron chi connectivity index (χ4n) is 0.915. The number of alkyl halides is 1. The zero-order valence-electron chi connectivity index (χ0n) is 7.70. The Balaban J connectivity index is 2.96. The molecule has 13 heavy (non-hydrogen) atoms. The van der Waals surface area contributed by atoms with E-state index in [0.29, 0.717) is 4.83 Å². The van der Waals surface area contributed by atoms with Gasteiger partial charge in [0.05, 0.1) is 8.61 Å². The highest BCUT2D eigenvalue weighted by molar-refractivity contribution is 9.13. The van der Waals surface area contributed by atoms with Crippen molar-refractivity contribution < 1.29 is 0 Å². The summed E-state index contributed by atoms with van der Waals surface area (Å²) in [6.07, 6.45) is 0. The van der Waals surface area contributed by atoms with Gasteiger partial charge in [0, 0.05) is 9.35 Å². The largest absolute Gasteiger partial charge is 0.131 e. The molecule has 0 spiro atoms. The van der Waals surface area contributed by atoms with Gasteiger partial charge in [0.2, 0.25) is 0 Å². The van der Waals surface area contributed by atoms with E-state index in [1.165, 1.54) is 4.88 Å². The average Bonchev–Trinajstić information content (AvgIpc) is 2.29. The van der Waals surface area contributed by atoms with Crippen molar-refractivity contribution >= 4 is 59.1 Å². The van der Waals surface area contributed by atoms with Crippen LogP contribution in [0.3, 0.4) is 0 Å². The van der Waals surface area contributed by atoms with Crippen LogP contribution in [0, 0.1) is 5.41 Å². The molecule has 0 aliphatic carbocycles. The van der Waals surface area contributed by atoms with E-state index in [-0.39, 0.29) is 5.41 Å². The van der Waals surface area contributed by atoms with Crippen molar-refractivity contribution in [3.8, 4) is 0 Å². The van der Waals surface area contributed by atoms with Crippen LogP contribution in [0.1, 0.15) is 30.5 Å². The Labute approximate surface area is 108 Å². The summed E-state index contributed by atoms with van der Waals surface area (Å²) in [6, 6.07) is 2.17. The predicted molar refractivity (Wildman–Crippen MR) is 70.8 cm³/mol. The third-order valence-electron chi connectivity index (χ3n) is 1.67. The van der Waals surface area contributed by atoms with E-state index in [4.69, 9.17) is 0 Å². The van der Waals surface area contributed by atoms with Crippen LogP contribution in [0.2, 0.25) is 0 Å². The van der Waals surface area contributed by atoms with E-state index in [2.05, 4.69) is 74.6 Å². The average molecular weight is 391 g/mol. The van der Waals surface area contributed by atoms with E-state index in [9.17, 15) is 0 Å². The number of hydrogen-bond donors (Lipinski definition) is 0. The molecule has 0 N–H and O–H groups in total. The van der Waals surface area contributed by atoms with Gasteiger partial charge in [-0.25, -0.2) is 0 Å². The topological polar surface area (TPSA) is 0 Å². The van der Waals surface area contributed by atoms with Gasteiger partial charge in [0.15, 0.2) is 0 Å². The van der Waals surface area contributed by atoms with Crippen LogP contribution in [-0.2, 0) is 0 Å². The second-order valence-electron chi connectivity index (χ2n) is 4.00. The van der Waals surface area contributed by atoms with Crippen molar-refractivity contribution in [3.05, 3.63) is 19.2 Å². The Bertz CT molecular complexity index is 279. The van der Waals surface area contributed by atoms with E-state index in [1.54, 1.807) is 11.3 Å². The van der Waals surface area contributed by atoms with Crippen molar-refractivity contribution in [1.82, 2.24) is 0 Å². The molecule has 0 bridgehead atoms. The molecular formula is C9H11Br3S. The molecule has 0 saturated carbocycles. The predicted octanol–water partition coefficient (Wildman–Crippen LogP) is 5.76. The van der Waals surface area contributed by atoms with Crippen LogP contribution in [0.15, 0.2) is 14.3 Å². The van der Waals surface area contributed by atoms with E-state index >= 15 is 0 Å². The quantitative estimate of drug-likeness (QED) is 0.535. The van der Waals surface area contributed by atoms with E-state index in [1.807, 2.05) is 0 Å². The van der Waals surface area contributed by atoms with Crippen LogP contribution in [-0.4, -0.2) is 0 Å². The Hall–Kier alpha value is 1.14. The monoisotopic (exact) mass is 388 g/mol. The highest BCUT2D eigenvalue weighted by atomic mass is 79.9. The normalized spacial score (nSPS) is 14.6. The van der Waals surface area contributed by atoms with Crippen molar-refractivity contribution in [2.24, 2.45) is 5.41 Å². The molecule has 1 rings (SSSR count). The van der Waals surface area contributed by atoms with Gasteiger partial charge in [-0.2, -0.15) is 0 Å². The highest BCUT2D eigenvalue weighted by Crippen LogP contribution is 2.46. The molecule has 74 valence electrons. The number of rotatable bonds is 1. The maximum absolute atomic E-state index is 3.72. The van der Waals surface area contributed by atoms with Gasteiger partial charge < -0.3 is 0 Å². The zero-order valence-corrected chi connectivity index (χ0v) is 13.3. The lowest BCUT2D eigenvalue weighted by atomic mass is 9.91. The molecule has 0 aliphatic heterocycles. The summed E-state index contributed by atoms with van der Waals surface area (Å²) >= 11 is 12.5. The molecule has 1 heterocycles. The summed E-state index contributed by atoms with van der Waals surface area (Å²) in [5, 5.41) is 0. The lowest BCUT2D eigenvalue weighted by Crippen LogP contribution is -2.11. The van der Waals surface area contributed by atoms with Gasteiger partial charge in [-0.3, -0.25) is 0 Å². The van der Waals surface area contributed by atoms with Crippen molar-refractivity contribution in [1.29, 1.82) is 0 Å². The SMILES string of the molecule is CC(C)(C)C(Br)c1cc(Br)c(Br)s1. The number of thiophene rings is 1. The summed E-state index contributed by atoms with van der Waals surface area (Å²) in [5.74, 6) is 0. The molecular weight excluding hydrogens is 380 g/mol. The molecule has 0 aliphatic rings. The van der Waals surface area contributed by atoms with Crippen LogP contribution in [0.4, 0.5) is 0 Å². The zero-order chi connectivity index (χ0) is 10.2. The van der Waals surface area contributed by atoms with Gasteiger partial charge in [-0.05, 0) is 43.3 Å². The lowest BCUT2D eigenvalue weighted by Gasteiger charge is -2.24. The smallest absolute Gasteiger partial charge is 0.0843 e. The standard InChI is InChI=1S/C9H11Br3S/c1-9(2,3)7(11)6-4-5(10)8(12)13-6/h4,7H,1-3H3. The molecule has 0 nitrogen and oxygen atoms in total. The molecule has 0 amide bonds. The minimum Gasteiger partial charge on any atom is -0.131 e. The Morgan fingerprint density at radius 1 is 1.31 bits per heavy atom. The third-order valence-corrected chi connectivity index (χ3v) is 7.17. The first-order valence-corrected chi connectivity index (χ1v) is 7.23. The molecule has 1 atom stereocenters. The van der Waals surface area contributed by atoms with E-state index < -0.39 is 0 Å². The first-order valence-electron chi connectivity index (χ1n) is 3.91. The minimum atomic E-state index is 0.254. The molecule has 4 heteroatoms. The molecule has 1 unspecified atom stereocenters. The first kappa shape index (κ1) is 12.2. The van der Waals surface area contributed by atoms with Crippen LogP contribution in [0.25, 0.3) is 0 Å². The summed E-state index contributed by atoms with van der Waals surface area (Å²) in [6.45, 7) is 6.69. The Morgan fingerprint density at radius 2 is 1.85 bits per heavy atom. The van der Waals surface area contributed by atoms with Crippen LogP contribution >= 0.6 is 59.1 Å². The van der Waals surface area contributed by atoms with Crippen molar-refractivity contribution in [2.75, 3.05) is 0 Å². The molecule has 1 aromatic heterocycles. The fourth-order valence-corrected chi connectivity index (χ4v) is 3.64. The van der Waals surface area contributed by atoms with Gasteiger partial charge in [0.1, 0.15) is 0 Å². The Kier molecular flexibility index (Phi) is 4.07. The molecule has 0 aromatic carbocycles. The molecule has 0 fully saturated rings. The van der Waals surface area contributed by atoms with Crippen LogP contribution in [0.5, 0.6) is 0 Å². The van der Waals surface area contributed by atoms with Gasteiger partial charge in [0.25, 0.3) is 0 Å². The number of halogens is 3.